The molecule has 1 unspecified atom stereocenters. The highest BCUT2D eigenvalue weighted by Crippen LogP contribution is 2.17. The van der Waals surface area contributed by atoms with Crippen LogP contribution in [-0.4, -0.2) is 25.8 Å². The summed E-state index contributed by atoms with van der Waals surface area (Å²) < 4.78 is 0. The summed E-state index contributed by atoms with van der Waals surface area (Å²) in [6.45, 7) is 8.70. The van der Waals surface area contributed by atoms with Gasteiger partial charge in [-0.3, -0.25) is 4.99 Å². The van der Waals surface area contributed by atoms with Crippen LogP contribution in [0.15, 0.2) is 16.1 Å². The predicted molar refractivity (Wildman–Crippen MR) is 58.4 cm³/mol. The van der Waals surface area contributed by atoms with Crippen LogP contribution in [0.2, 0.25) is 0 Å². The molecule has 13 heavy (non-hydrogen) atoms. The molecule has 1 heterocycles. The summed E-state index contributed by atoms with van der Waals surface area (Å²) in [6, 6.07) is 0. The van der Waals surface area contributed by atoms with Gasteiger partial charge in [-0.05, 0) is 24.8 Å². The fraction of sp³-hybridized carbons (Fsp3) is 0.727. The van der Waals surface area contributed by atoms with Gasteiger partial charge in [0.25, 0.3) is 0 Å². The Morgan fingerprint density at radius 3 is 2.62 bits per heavy atom. The van der Waals surface area contributed by atoms with Gasteiger partial charge >= 0.3 is 0 Å². The highest BCUT2D eigenvalue weighted by atomic mass is 14.9. The molecule has 1 aliphatic rings. The van der Waals surface area contributed by atoms with Crippen molar-refractivity contribution in [3.05, 3.63) is 11.1 Å². The van der Waals surface area contributed by atoms with Crippen molar-refractivity contribution in [1.82, 2.24) is 5.32 Å². The van der Waals surface area contributed by atoms with Gasteiger partial charge in [0.15, 0.2) is 0 Å². The van der Waals surface area contributed by atoms with E-state index in [9.17, 15) is 0 Å². The minimum absolute atomic E-state index is 0.592. The van der Waals surface area contributed by atoms with Crippen LogP contribution in [0.5, 0.6) is 0 Å². The normalized spacial score (nSPS) is 21.1. The molecule has 0 aromatic carbocycles. The Hall–Kier alpha value is -0.630. The molecular weight excluding hydrogens is 160 g/mol. The topological polar surface area (TPSA) is 24.4 Å². The molecule has 0 spiro atoms. The first-order valence-corrected chi connectivity index (χ1v) is 5.07. The summed E-state index contributed by atoms with van der Waals surface area (Å²) in [5.74, 6) is 0.592. The Kier molecular flexibility index (Phi) is 3.67. The van der Waals surface area contributed by atoms with Gasteiger partial charge in [-0.2, -0.15) is 0 Å². The third-order valence-electron chi connectivity index (χ3n) is 2.84. The third kappa shape index (κ3) is 2.19. The second-order valence-electron chi connectivity index (χ2n) is 3.78. The zero-order valence-corrected chi connectivity index (χ0v) is 9.15. The van der Waals surface area contributed by atoms with Crippen molar-refractivity contribution < 1.29 is 0 Å². The highest BCUT2D eigenvalue weighted by Gasteiger charge is 2.18. The van der Waals surface area contributed by atoms with Crippen molar-refractivity contribution in [2.24, 2.45) is 10.9 Å². The van der Waals surface area contributed by atoms with E-state index in [1.807, 2.05) is 7.05 Å². The molecule has 1 N–H and O–H groups in total. The summed E-state index contributed by atoms with van der Waals surface area (Å²) in [4.78, 5) is 4.41. The van der Waals surface area contributed by atoms with Gasteiger partial charge < -0.3 is 5.32 Å². The van der Waals surface area contributed by atoms with E-state index in [1.165, 1.54) is 23.3 Å². The van der Waals surface area contributed by atoms with E-state index in [-0.39, 0.29) is 0 Å². The van der Waals surface area contributed by atoms with Gasteiger partial charge in [0.1, 0.15) is 0 Å². The number of hydrogen-bond acceptors (Lipinski definition) is 2. The summed E-state index contributed by atoms with van der Waals surface area (Å²) in [5.41, 5.74) is 4.20. The lowest BCUT2D eigenvalue weighted by molar-refractivity contribution is 0.734. The standard InChI is InChI=1S/C11H20N2/c1-5-8(2)11(12-4)10-7-13-6-9(10)3/h8,13H,5-7H2,1-4H3/b12-11-. The lowest BCUT2D eigenvalue weighted by atomic mass is 9.94. The molecule has 2 nitrogen and oxygen atoms in total. The predicted octanol–water partition coefficient (Wildman–Crippen LogP) is 2.02. The van der Waals surface area contributed by atoms with Gasteiger partial charge in [-0.1, -0.05) is 19.4 Å². The van der Waals surface area contributed by atoms with E-state index in [2.05, 4.69) is 31.1 Å². The largest absolute Gasteiger partial charge is 0.309 e. The fourth-order valence-electron chi connectivity index (χ4n) is 1.79. The maximum Gasteiger partial charge on any atom is 0.0417 e. The SMILES string of the molecule is CCC(C)/C(=N/C)C1=C(C)CNC1. The average Bonchev–Trinajstić information content (AvgIpc) is 2.53. The Morgan fingerprint density at radius 2 is 2.23 bits per heavy atom. The number of nitrogens with zero attached hydrogens (tertiary/aromatic N) is 1. The average molecular weight is 180 g/mol. The van der Waals surface area contributed by atoms with Gasteiger partial charge in [0.05, 0.1) is 0 Å². The number of rotatable bonds is 3. The smallest absolute Gasteiger partial charge is 0.0417 e. The van der Waals surface area contributed by atoms with Crippen LogP contribution in [0.3, 0.4) is 0 Å². The molecule has 1 rings (SSSR count). The minimum Gasteiger partial charge on any atom is -0.309 e. The molecular formula is C11H20N2. The summed E-state index contributed by atoms with van der Waals surface area (Å²) in [6.07, 6.45) is 1.17. The van der Waals surface area contributed by atoms with E-state index in [0.717, 1.165) is 13.1 Å². The first kappa shape index (κ1) is 10.5. The third-order valence-corrected chi connectivity index (χ3v) is 2.84. The lowest BCUT2D eigenvalue weighted by Crippen LogP contribution is -2.18. The van der Waals surface area contributed by atoms with Crippen molar-refractivity contribution in [2.45, 2.75) is 27.2 Å². The Labute approximate surface area is 81.1 Å². The molecule has 0 aromatic heterocycles. The maximum absolute atomic E-state index is 4.41. The second-order valence-corrected chi connectivity index (χ2v) is 3.78. The van der Waals surface area contributed by atoms with Gasteiger partial charge in [0, 0.05) is 25.8 Å². The van der Waals surface area contributed by atoms with Crippen LogP contribution >= 0.6 is 0 Å². The van der Waals surface area contributed by atoms with E-state index in [1.54, 1.807) is 0 Å². The van der Waals surface area contributed by atoms with Gasteiger partial charge in [-0.25, -0.2) is 0 Å². The van der Waals surface area contributed by atoms with Crippen LogP contribution < -0.4 is 5.32 Å². The molecule has 0 bridgehead atoms. The molecule has 0 aliphatic carbocycles. The summed E-state index contributed by atoms with van der Waals surface area (Å²) in [7, 11) is 1.90. The molecule has 1 atom stereocenters. The lowest BCUT2D eigenvalue weighted by Gasteiger charge is -2.14. The quantitative estimate of drug-likeness (QED) is 0.660. The van der Waals surface area contributed by atoms with Crippen molar-refractivity contribution in [3.8, 4) is 0 Å². The number of aliphatic imine (C=N–C) groups is 1. The van der Waals surface area contributed by atoms with E-state index >= 15 is 0 Å². The van der Waals surface area contributed by atoms with Crippen molar-refractivity contribution >= 4 is 5.71 Å². The van der Waals surface area contributed by atoms with Crippen LogP contribution in [0.4, 0.5) is 0 Å². The maximum atomic E-state index is 4.41. The molecule has 0 radical (unpaired) electrons. The van der Waals surface area contributed by atoms with Crippen LogP contribution in [0, 0.1) is 5.92 Å². The molecule has 74 valence electrons. The number of hydrogen-bond donors (Lipinski definition) is 1. The Balaban J connectivity index is 2.84. The summed E-state index contributed by atoms with van der Waals surface area (Å²) >= 11 is 0. The zero-order chi connectivity index (χ0) is 9.84. The zero-order valence-electron chi connectivity index (χ0n) is 9.15. The monoisotopic (exact) mass is 180 g/mol. The Bertz CT molecular complexity index is 238. The molecule has 0 aromatic rings. The van der Waals surface area contributed by atoms with Crippen LogP contribution in [0.25, 0.3) is 0 Å². The van der Waals surface area contributed by atoms with Crippen LogP contribution in [0.1, 0.15) is 27.2 Å². The first-order chi connectivity index (χ1) is 6.20. The van der Waals surface area contributed by atoms with Gasteiger partial charge in [-0.15, -0.1) is 0 Å². The van der Waals surface area contributed by atoms with Crippen molar-refractivity contribution in [1.29, 1.82) is 0 Å². The van der Waals surface area contributed by atoms with Crippen LogP contribution in [-0.2, 0) is 0 Å². The summed E-state index contributed by atoms with van der Waals surface area (Å²) in [5, 5.41) is 3.36. The molecule has 0 saturated heterocycles. The first-order valence-electron chi connectivity index (χ1n) is 5.07. The fourth-order valence-corrected chi connectivity index (χ4v) is 1.79. The van der Waals surface area contributed by atoms with Crippen molar-refractivity contribution in [3.63, 3.8) is 0 Å². The highest BCUT2D eigenvalue weighted by molar-refractivity contribution is 6.03. The molecule has 0 saturated carbocycles. The molecule has 1 aliphatic heterocycles. The molecule has 0 fully saturated rings. The second kappa shape index (κ2) is 4.56. The number of nitrogens with one attached hydrogen (secondary N) is 1. The van der Waals surface area contributed by atoms with E-state index in [0.29, 0.717) is 5.92 Å². The van der Waals surface area contributed by atoms with Gasteiger partial charge in [0.2, 0.25) is 0 Å². The molecule has 0 amide bonds. The van der Waals surface area contributed by atoms with E-state index in [4.69, 9.17) is 0 Å². The minimum atomic E-state index is 0.592. The molecule has 2 heteroatoms. The van der Waals surface area contributed by atoms with E-state index < -0.39 is 0 Å². The Morgan fingerprint density at radius 1 is 1.54 bits per heavy atom. The van der Waals surface area contributed by atoms with Crippen molar-refractivity contribution in [2.75, 3.05) is 20.1 Å².